The van der Waals surface area contributed by atoms with E-state index >= 15 is 0 Å². The van der Waals surface area contributed by atoms with Crippen molar-refractivity contribution in [2.45, 2.75) is 47.1 Å². The highest BCUT2D eigenvalue weighted by Crippen LogP contribution is 2.69. The van der Waals surface area contributed by atoms with E-state index in [4.69, 9.17) is 4.74 Å². The zero-order valence-corrected chi connectivity index (χ0v) is 13.8. The first-order chi connectivity index (χ1) is 9.34. The van der Waals surface area contributed by atoms with Crippen LogP contribution < -0.4 is 10.1 Å². The fourth-order valence-corrected chi connectivity index (χ4v) is 3.88. The standard InChI is InChI=1S/C18H29NO/c1-7-19-15(16-17(2,3)18(16,4)5)12-13-9-8-10-14(11-13)20-6/h8-11,15-16,19H,7,12H2,1-6H3. The third-order valence-corrected chi connectivity index (χ3v) is 5.59. The molecule has 1 aromatic rings. The molecule has 20 heavy (non-hydrogen) atoms. The van der Waals surface area contributed by atoms with E-state index in [1.165, 1.54) is 5.56 Å². The van der Waals surface area contributed by atoms with Gasteiger partial charge >= 0.3 is 0 Å². The Balaban J connectivity index is 2.14. The number of hydrogen-bond donors (Lipinski definition) is 1. The lowest BCUT2D eigenvalue weighted by Gasteiger charge is -2.20. The maximum Gasteiger partial charge on any atom is 0.119 e. The van der Waals surface area contributed by atoms with Gasteiger partial charge in [0, 0.05) is 6.04 Å². The monoisotopic (exact) mass is 275 g/mol. The van der Waals surface area contributed by atoms with E-state index in [9.17, 15) is 0 Å². The summed E-state index contributed by atoms with van der Waals surface area (Å²) in [6.07, 6.45) is 1.07. The lowest BCUT2D eigenvalue weighted by atomic mass is 9.96. The smallest absolute Gasteiger partial charge is 0.119 e. The van der Waals surface area contributed by atoms with Gasteiger partial charge in [-0.1, -0.05) is 46.8 Å². The summed E-state index contributed by atoms with van der Waals surface area (Å²) >= 11 is 0. The third-order valence-electron chi connectivity index (χ3n) is 5.59. The van der Waals surface area contributed by atoms with E-state index < -0.39 is 0 Å². The number of hydrogen-bond acceptors (Lipinski definition) is 2. The van der Waals surface area contributed by atoms with E-state index in [0.29, 0.717) is 16.9 Å². The van der Waals surface area contributed by atoms with Crippen molar-refractivity contribution in [2.24, 2.45) is 16.7 Å². The maximum absolute atomic E-state index is 5.33. The van der Waals surface area contributed by atoms with Crippen LogP contribution in [0.2, 0.25) is 0 Å². The Morgan fingerprint density at radius 1 is 1.20 bits per heavy atom. The van der Waals surface area contributed by atoms with Gasteiger partial charge in [0.25, 0.3) is 0 Å². The molecular weight excluding hydrogens is 246 g/mol. The molecule has 1 fully saturated rings. The van der Waals surface area contributed by atoms with Crippen LogP contribution in [0.15, 0.2) is 24.3 Å². The SMILES string of the molecule is CCNC(Cc1cccc(OC)c1)C1C(C)(C)C1(C)C. The van der Waals surface area contributed by atoms with E-state index in [1.807, 2.05) is 6.07 Å². The third kappa shape index (κ3) is 2.58. The molecule has 1 unspecified atom stereocenters. The lowest BCUT2D eigenvalue weighted by Crippen LogP contribution is -2.35. The molecule has 0 radical (unpaired) electrons. The number of nitrogens with one attached hydrogen (secondary N) is 1. The minimum atomic E-state index is 0.415. The molecule has 1 aliphatic carbocycles. The highest BCUT2D eigenvalue weighted by Gasteiger charge is 2.66. The predicted octanol–water partition coefficient (Wildman–Crippen LogP) is 3.90. The number of benzene rings is 1. The van der Waals surface area contributed by atoms with Gasteiger partial charge in [0.15, 0.2) is 0 Å². The summed E-state index contributed by atoms with van der Waals surface area (Å²) in [7, 11) is 1.73. The zero-order valence-electron chi connectivity index (χ0n) is 13.8. The molecule has 2 rings (SSSR count). The van der Waals surface area contributed by atoms with Gasteiger partial charge in [0.2, 0.25) is 0 Å². The van der Waals surface area contributed by atoms with Crippen molar-refractivity contribution < 1.29 is 4.74 Å². The van der Waals surface area contributed by atoms with Gasteiger partial charge in [-0.3, -0.25) is 0 Å². The summed E-state index contributed by atoms with van der Waals surface area (Å²) in [5.41, 5.74) is 2.19. The van der Waals surface area contributed by atoms with Gasteiger partial charge in [0.1, 0.15) is 5.75 Å². The molecule has 0 spiro atoms. The molecule has 0 saturated heterocycles. The number of rotatable bonds is 6. The molecule has 0 aliphatic heterocycles. The fourth-order valence-electron chi connectivity index (χ4n) is 3.88. The first-order valence-electron chi connectivity index (χ1n) is 7.71. The van der Waals surface area contributed by atoms with E-state index in [0.717, 1.165) is 24.6 Å². The topological polar surface area (TPSA) is 21.3 Å². The van der Waals surface area contributed by atoms with Gasteiger partial charge in [-0.15, -0.1) is 0 Å². The van der Waals surface area contributed by atoms with Crippen LogP contribution in [-0.4, -0.2) is 19.7 Å². The maximum atomic E-state index is 5.33. The van der Waals surface area contributed by atoms with Crippen molar-refractivity contribution in [1.29, 1.82) is 0 Å². The molecule has 0 aromatic heterocycles. The molecule has 0 heterocycles. The van der Waals surface area contributed by atoms with E-state index in [-0.39, 0.29) is 0 Å². The summed E-state index contributed by atoms with van der Waals surface area (Å²) < 4.78 is 5.33. The van der Waals surface area contributed by atoms with Gasteiger partial charge in [-0.25, -0.2) is 0 Å². The van der Waals surface area contributed by atoms with Crippen LogP contribution in [0.4, 0.5) is 0 Å². The molecule has 112 valence electrons. The van der Waals surface area contributed by atoms with Crippen molar-refractivity contribution in [3.05, 3.63) is 29.8 Å². The molecular formula is C18H29NO. The van der Waals surface area contributed by atoms with Crippen molar-refractivity contribution >= 4 is 0 Å². The Hall–Kier alpha value is -1.02. The van der Waals surface area contributed by atoms with Crippen molar-refractivity contribution in [2.75, 3.05) is 13.7 Å². The molecule has 1 aliphatic rings. The average Bonchev–Trinajstić information content (AvgIpc) is 2.79. The molecule has 0 bridgehead atoms. The summed E-state index contributed by atoms with van der Waals surface area (Å²) in [4.78, 5) is 0. The summed E-state index contributed by atoms with van der Waals surface area (Å²) in [6.45, 7) is 12.8. The Labute approximate surface area is 123 Å². The summed E-state index contributed by atoms with van der Waals surface area (Å²) in [5, 5.41) is 3.70. The van der Waals surface area contributed by atoms with Crippen molar-refractivity contribution in [3.8, 4) is 5.75 Å². The van der Waals surface area contributed by atoms with Gasteiger partial charge in [0.05, 0.1) is 7.11 Å². The second-order valence-corrected chi connectivity index (χ2v) is 7.14. The van der Waals surface area contributed by atoms with Gasteiger partial charge in [-0.05, 0) is 47.4 Å². The second kappa shape index (κ2) is 5.40. The van der Waals surface area contributed by atoms with Crippen LogP contribution in [0.3, 0.4) is 0 Å². The predicted molar refractivity (Wildman–Crippen MR) is 85.2 cm³/mol. The number of likely N-dealkylation sites (N-methyl/N-ethyl adjacent to an activating group) is 1. The quantitative estimate of drug-likeness (QED) is 0.850. The minimum Gasteiger partial charge on any atom is -0.497 e. The van der Waals surface area contributed by atoms with Crippen molar-refractivity contribution in [3.63, 3.8) is 0 Å². The van der Waals surface area contributed by atoms with Crippen LogP contribution in [0.5, 0.6) is 5.75 Å². The highest BCUT2D eigenvalue weighted by molar-refractivity contribution is 5.30. The van der Waals surface area contributed by atoms with Crippen LogP contribution in [0.25, 0.3) is 0 Å². The van der Waals surface area contributed by atoms with Gasteiger partial charge < -0.3 is 10.1 Å². The molecule has 0 amide bonds. The van der Waals surface area contributed by atoms with Crippen molar-refractivity contribution in [1.82, 2.24) is 5.32 Å². The number of ether oxygens (including phenoxy) is 1. The number of methoxy groups -OCH3 is 1. The summed E-state index contributed by atoms with van der Waals surface area (Å²) in [6, 6.07) is 9.00. The molecule has 2 nitrogen and oxygen atoms in total. The van der Waals surface area contributed by atoms with Crippen LogP contribution in [0, 0.1) is 16.7 Å². The lowest BCUT2D eigenvalue weighted by molar-refractivity contribution is 0.399. The molecule has 1 N–H and O–H groups in total. The minimum absolute atomic E-state index is 0.415. The Morgan fingerprint density at radius 2 is 1.85 bits per heavy atom. The Kier molecular flexibility index (Phi) is 4.15. The first kappa shape index (κ1) is 15.4. The first-order valence-corrected chi connectivity index (χ1v) is 7.71. The largest absolute Gasteiger partial charge is 0.497 e. The van der Waals surface area contributed by atoms with Crippen LogP contribution >= 0.6 is 0 Å². The normalized spacial score (nSPS) is 21.5. The molecule has 1 saturated carbocycles. The average molecular weight is 275 g/mol. The molecule has 2 heteroatoms. The van der Waals surface area contributed by atoms with Crippen LogP contribution in [-0.2, 0) is 6.42 Å². The summed E-state index contributed by atoms with van der Waals surface area (Å²) in [5.74, 6) is 1.67. The Bertz CT molecular complexity index is 450. The van der Waals surface area contributed by atoms with Gasteiger partial charge in [-0.2, -0.15) is 0 Å². The fraction of sp³-hybridized carbons (Fsp3) is 0.667. The molecule has 1 atom stereocenters. The van der Waals surface area contributed by atoms with E-state index in [2.05, 4.69) is 58.1 Å². The second-order valence-electron chi connectivity index (χ2n) is 7.14. The Morgan fingerprint density at radius 3 is 2.35 bits per heavy atom. The van der Waals surface area contributed by atoms with E-state index in [1.54, 1.807) is 7.11 Å². The molecule has 1 aromatic carbocycles. The van der Waals surface area contributed by atoms with Crippen LogP contribution in [0.1, 0.15) is 40.2 Å². The zero-order chi connectivity index (χ0) is 15.0. The highest BCUT2D eigenvalue weighted by atomic mass is 16.5.